The van der Waals surface area contributed by atoms with Crippen molar-refractivity contribution >= 4 is 33.6 Å². The van der Waals surface area contributed by atoms with Crippen molar-refractivity contribution in [3.8, 4) is 16.9 Å². The molecule has 1 heterocycles. The Morgan fingerprint density at radius 1 is 1.05 bits per heavy atom. The zero-order chi connectivity index (χ0) is 28.7. The van der Waals surface area contributed by atoms with Gasteiger partial charge in [-0.05, 0) is 79.2 Å². The Bertz CT molecular complexity index is 1540. The number of halogens is 5. The number of carbonyl (C=O) groups is 1. The van der Waals surface area contributed by atoms with Gasteiger partial charge in [-0.15, -0.1) is 0 Å². The van der Waals surface area contributed by atoms with Gasteiger partial charge < -0.3 is 4.74 Å². The number of benzene rings is 3. The number of hydrogen-bond acceptors (Lipinski definition) is 5. The van der Waals surface area contributed by atoms with Crippen LogP contribution < -0.4 is 13.8 Å². The molecular weight excluding hydrogens is 575 g/mol. The molecule has 3 aromatic carbocycles. The van der Waals surface area contributed by atoms with E-state index in [9.17, 15) is 35.2 Å². The Hall–Kier alpha value is -3.32. The van der Waals surface area contributed by atoms with Crippen molar-refractivity contribution in [1.82, 2.24) is 4.72 Å². The zero-order valence-corrected chi connectivity index (χ0v) is 22.4. The fraction of sp³-hybridized carbons (Fsp3) is 0.296. The predicted octanol–water partition coefficient (Wildman–Crippen LogP) is 6.31. The molecule has 40 heavy (non-hydrogen) atoms. The Morgan fingerprint density at radius 2 is 1.82 bits per heavy atom. The van der Waals surface area contributed by atoms with Gasteiger partial charge in [0.25, 0.3) is 10.0 Å². The topological polar surface area (TPSA) is 75.7 Å². The van der Waals surface area contributed by atoms with E-state index in [0.717, 1.165) is 41.4 Å². The monoisotopic (exact) mass is 598 g/mol. The number of ether oxygens (including phenoxy) is 1. The van der Waals surface area contributed by atoms with E-state index in [4.69, 9.17) is 4.74 Å². The molecule has 1 aliphatic heterocycles. The van der Waals surface area contributed by atoms with E-state index in [-0.39, 0.29) is 47.9 Å². The average Bonchev–Trinajstić information content (AvgIpc) is 3.74. The van der Waals surface area contributed by atoms with Gasteiger partial charge in [-0.1, -0.05) is 12.1 Å². The quantitative estimate of drug-likeness (QED) is 0.243. The van der Waals surface area contributed by atoms with Crippen LogP contribution in [0.25, 0.3) is 11.1 Å². The van der Waals surface area contributed by atoms with Crippen molar-refractivity contribution < 1.29 is 39.9 Å². The molecule has 1 aliphatic carbocycles. The highest BCUT2D eigenvalue weighted by molar-refractivity contribution is 7.98. The second-order valence-electron chi connectivity index (χ2n) is 9.49. The van der Waals surface area contributed by atoms with Crippen LogP contribution in [0.5, 0.6) is 5.75 Å². The fourth-order valence-corrected chi connectivity index (χ4v) is 6.54. The first kappa shape index (κ1) is 28.2. The third-order valence-electron chi connectivity index (χ3n) is 6.44. The molecule has 1 saturated carbocycles. The number of rotatable bonds is 8. The standard InChI is InChI=1S/C27H23F5N2O4S2/c28-18-5-9-22(23(29)14-18)16-4-10-25-24(12-16)34(15-19(38-25)6-11-26(35)33-39-20-7-8-20)40(36,37)21-3-1-2-17(13-21)27(30,31)32/h1-5,9-10,12-14,19-20H,6-8,11,15H2,(H,33,35)/t19-/m0/s1. The number of amides is 1. The van der Waals surface area contributed by atoms with E-state index in [2.05, 4.69) is 4.72 Å². The van der Waals surface area contributed by atoms with Crippen LogP contribution in [0.3, 0.4) is 0 Å². The SMILES string of the molecule is O=C(CC[C@H]1CN(S(=O)(=O)c2cccc(C(F)(F)F)c2)c2cc(-c3ccc(F)cc3F)ccc2O1)NSC1CC1. The molecule has 1 fully saturated rings. The number of nitrogens with one attached hydrogen (secondary N) is 1. The molecule has 2 aliphatic rings. The maximum absolute atomic E-state index is 14.5. The molecule has 0 saturated heterocycles. The van der Waals surface area contributed by atoms with Crippen molar-refractivity contribution in [2.24, 2.45) is 0 Å². The lowest BCUT2D eigenvalue weighted by atomic mass is 10.0. The van der Waals surface area contributed by atoms with E-state index in [1.54, 1.807) is 0 Å². The first-order chi connectivity index (χ1) is 18.9. The maximum Gasteiger partial charge on any atom is 0.416 e. The van der Waals surface area contributed by atoms with Crippen molar-refractivity contribution in [3.05, 3.63) is 77.9 Å². The number of fused-ring (bicyclic) bond motifs is 1. The first-order valence-electron chi connectivity index (χ1n) is 12.3. The summed E-state index contributed by atoms with van der Waals surface area (Å²) in [6.45, 7) is -0.302. The highest BCUT2D eigenvalue weighted by atomic mass is 32.2. The summed E-state index contributed by atoms with van der Waals surface area (Å²) in [7, 11) is -4.56. The average molecular weight is 599 g/mol. The number of anilines is 1. The minimum absolute atomic E-state index is 0.00688. The summed E-state index contributed by atoms with van der Waals surface area (Å²) in [4.78, 5) is 11.7. The van der Waals surface area contributed by atoms with E-state index < -0.39 is 44.4 Å². The van der Waals surface area contributed by atoms with E-state index in [1.165, 1.54) is 36.2 Å². The van der Waals surface area contributed by atoms with Crippen LogP contribution in [0.2, 0.25) is 0 Å². The van der Waals surface area contributed by atoms with Crippen LogP contribution in [0, 0.1) is 11.6 Å². The summed E-state index contributed by atoms with van der Waals surface area (Å²) in [5.74, 6) is -1.83. The van der Waals surface area contributed by atoms with Crippen LogP contribution in [-0.4, -0.2) is 32.2 Å². The number of carbonyl (C=O) groups excluding carboxylic acids is 1. The predicted molar refractivity (Wildman–Crippen MR) is 140 cm³/mol. The third kappa shape index (κ3) is 6.20. The Kier molecular flexibility index (Phi) is 7.71. The van der Waals surface area contributed by atoms with E-state index >= 15 is 0 Å². The molecule has 0 unspecified atom stereocenters. The normalized spacial score (nSPS) is 17.2. The smallest absolute Gasteiger partial charge is 0.416 e. The van der Waals surface area contributed by atoms with Crippen molar-refractivity contribution in [1.29, 1.82) is 0 Å². The van der Waals surface area contributed by atoms with E-state index in [0.29, 0.717) is 17.4 Å². The molecule has 212 valence electrons. The van der Waals surface area contributed by atoms with Gasteiger partial charge in [0.05, 0.1) is 22.7 Å². The van der Waals surface area contributed by atoms with E-state index in [1.807, 2.05) is 0 Å². The molecule has 0 spiro atoms. The van der Waals surface area contributed by atoms with Crippen molar-refractivity contribution in [2.75, 3.05) is 10.8 Å². The van der Waals surface area contributed by atoms with Gasteiger partial charge in [-0.2, -0.15) is 13.2 Å². The maximum atomic E-state index is 14.5. The third-order valence-corrected chi connectivity index (χ3v) is 9.37. The molecule has 0 bridgehead atoms. The fourth-order valence-electron chi connectivity index (χ4n) is 4.22. The van der Waals surface area contributed by atoms with Gasteiger partial charge >= 0.3 is 6.18 Å². The largest absolute Gasteiger partial charge is 0.486 e. The van der Waals surface area contributed by atoms with Crippen LogP contribution in [0.1, 0.15) is 31.2 Å². The number of hydrogen-bond donors (Lipinski definition) is 1. The van der Waals surface area contributed by atoms with Crippen molar-refractivity contribution in [2.45, 2.75) is 48.1 Å². The van der Waals surface area contributed by atoms with Crippen LogP contribution >= 0.6 is 11.9 Å². The van der Waals surface area contributed by atoms with Crippen molar-refractivity contribution in [3.63, 3.8) is 0 Å². The van der Waals surface area contributed by atoms with Gasteiger partial charge in [-0.3, -0.25) is 13.8 Å². The second-order valence-corrected chi connectivity index (χ2v) is 12.5. The lowest BCUT2D eigenvalue weighted by Crippen LogP contribution is -2.44. The highest BCUT2D eigenvalue weighted by Crippen LogP contribution is 2.42. The summed E-state index contributed by atoms with van der Waals surface area (Å²) < 4.78 is 105. The van der Waals surface area contributed by atoms with Crippen LogP contribution in [-0.2, 0) is 21.0 Å². The summed E-state index contributed by atoms with van der Waals surface area (Å²) in [5.41, 5.74) is -0.958. The number of nitrogens with zero attached hydrogens (tertiary/aromatic N) is 1. The minimum atomic E-state index is -4.77. The summed E-state index contributed by atoms with van der Waals surface area (Å²) in [5, 5.41) is 0.398. The lowest BCUT2D eigenvalue weighted by molar-refractivity contribution is -0.137. The van der Waals surface area contributed by atoms with Gasteiger partial charge in [0, 0.05) is 23.3 Å². The molecule has 0 radical (unpaired) electrons. The highest BCUT2D eigenvalue weighted by Gasteiger charge is 2.37. The van der Waals surface area contributed by atoms with Gasteiger partial charge in [0.1, 0.15) is 23.5 Å². The summed E-state index contributed by atoms with van der Waals surface area (Å²) in [6, 6.07) is 10.5. The van der Waals surface area contributed by atoms with Crippen LogP contribution in [0.4, 0.5) is 27.6 Å². The molecule has 5 rings (SSSR count). The van der Waals surface area contributed by atoms with Crippen LogP contribution in [0.15, 0.2) is 65.6 Å². The molecule has 13 heteroatoms. The molecule has 0 aromatic heterocycles. The zero-order valence-electron chi connectivity index (χ0n) is 20.8. The Balaban J connectivity index is 1.49. The molecule has 1 atom stereocenters. The molecule has 1 amide bonds. The molecule has 6 nitrogen and oxygen atoms in total. The van der Waals surface area contributed by atoms with Gasteiger partial charge in [0.15, 0.2) is 0 Å². The summed E-state index contributed by atoms with van der Waals surface area (Å²) >= 11 is 1.34. The Morgan fingerprint density at radius 3 is 2.52 bits per heavy atom. The lowest BCUT2D eigenvalue weighted by Gasteiger charge is -2.36. The number of sulfonamides is 1. The molecular formula is C27H23F5N2O4S2. The van der Waals surface area contributed by atoms with Gasteiger partial charge in [-0.25, -0.2) is 17.2 Å². The molecule has 3 aromatic rings. The first-order valence-corrected chi connectivity index (χ1v) is 14.6. The minimum Gasteiger partial charge on any atom is -0.486 e. The Labute approximate surface area is 231 Å². The second kappa shape index (κ2) is 10.9. The summed E-state index contributed by atoms with van der Waals surface area (Å²) in [6.07, 6.45) is -3.33. The number of alkyl halides is 3. The molecule has 1 N–H and O–H groups in total. The van der Waals surface area contributed by atoms with Gasteiger partial charge in [0.2, 0.25) is 5.91 Å².